The van der Waals surface area contributed by atoms with Crippen molar-refractivity contribution in [2.45, 2.75) is 32.6 Å². The Morgan fingerprint density at radius 1 is 1.30 bits per heavy atom. The van der Waals surface area contributed by atoms with Crippen LogP contribution in [0, 0.1) is 6.92 Å². The molecule has 1 fully saturated rings. The quantitative estimate of drug-likeness (QED) is 0.924. The van der Waals surface area contributed by atoms with Gasteiger partial charge < -0.3 is 10.5 Å². The first-order valence-electron chi connectivity index (χ1n) is 6.91. The summed E-state index contributed by atoms with van der Waals surface area (Å²) in [5, 5.41) is 0. The van der Waals surface area contributed by atoms with Gasteiger partial charge in [-0.05, 0) is 32.8 Å². The van der Waals surface area contributed by atoms with E-state index < -0.39 is 0 Å². The molecule has 0 radical (unpaired) electrons. The molecule has 0 amide bonds. The first-order chi connectivity index (χ1) is 9.69. The largest absolute Gasteiger partial charge is 0.492 e. The zero-order valence-corrected chi connectivity index (χ0v) is 11.8. The van der Waals surface area contributed by atoms with Crippen LogP contribution in [0.25, 0.3) is 11.3 Å². The van der Waals surface area contributed by atoms with Crippen LogP contribution in [0.5, 0.6) is 5.75 Å². The average molecular weight is 270 g/mol. The van der Waals surface area contributed by atoms with E-state index in [1.54, 1.807) is 12.4 Å². The zero-order chi connectivity index (χ0) is 14.1. The summed E-state index contributed by atoms with van der Waals surface area (Å²) in [5.41, 5.74) is 8.69. The third-order valence-electron chi connectivity index (χ3n) is 3.44. The number of pyridine rings is 1. The molecule has 0 spiro atoms. The van der Waals surface area contributed by atoms with E-state index in [0.717, 1.165) is 41.2 Å². The fourth-order valence-electron chi connectivity index (χ4n) is 2.15. The maximum Gasteiger partial charge on any atom is 0.138 e. The lowest BCUT2D eigenvalue weighted by Gasteiger charge is -2.11. The van der Waals surface area contributed by atoms with Gasteiger partial charge in [-0.1, -0.05) is 0 Å². The predicted molar refractivity (Wildman–Crippen MR) is 77.6 cm³/mol. The Bertz CT molecular complexity index is 638. The Morgan fingerprint density at radius 3 is 2.80 bits per heavy atom. The van der Waals surface area contributed by atoms with Gasteiger partial charge in [0.1, 0.15) is 17.4 Å². The molecule has 5 nitrogen and oxygen atoms in total. The third-order valence-corrected chi connectivity index (χ3v) is 3.44. The number of ether oxygens (including phenoxy) is 1. The van der Waals surface area contributed by atoms with Gasteiger partial charge in [0.25, 0.3) is 0 Å². The summed E-state index contributed by atoms with van der Waals surface area (Å²) >= 11 is 0. The van der Waals surface area contributed by atoms with Gasteiger partial charge in [0.2, 0.25) is 0 Å². The van der Waals surface area contributed by atoms with E-state index in [0.29, 0.717) is 18.3 Å². The SMILES string of the molecule is CCOc1cncc(-c2nc(C3CC3)nc(N)c2C)c1. The highest BCUT2D eigenvalue weighted by Gasteiger charge is 2.28. The summed E-state index contributed by atoms with van der Waals surface area (Å²) in [6.07, 6.45) is 5.79. The van der Waals surface area contributed by atoms with Crippen molar-refractivity contribution < 1.29 is 4.74 Å². The summed E-state index contributed by atoms with van der Waals surface area (Å²) in [6.45, 7) is 4.50. The number of anilines is 1. The van der Waals surface area contributed by atoms with Crippen LogP contribution in [0.4, 0.5) is 5.82 Å². The normalized spacial score (nSPS) is 14.3. The van der Waals surface area contributed by atoms with Gasteiger partial charge >= 0.3 is 0 Å². The zero-order valence-electron chi connectivity index (χ0n) is 11.8. The number of hydrogen-bond acceptors (Lipinski definition) is 5. The Balaban J connectivity index is 2.06. The molecule has 0 unspecified atom stereocenters. The van der Waals surface area contributed by atoms with Crippen molar-refractivity contribution in [1.29, 1.82) is 0 Å². The van der Waals surface area contributed by atoms with Crippen LogP contribution in [-0.4, -0.2) is 21.6 Å². The number of rotatable bonds is 4. The van der Waals surface area contributed by atoms with Crippen molar-refractivity contribution in [1.82, 2.24) is 15.0 Å². The van der Waals surface area contributed by atoms with Gasteiger partial charge in [-0.2, -0.15) is 0 Å². The molecule has 5 heteroatoms. The monoisotopic (exact) mass is 270 g/mol. The van der Waals surface area contributed by atoms with Crippen molar-refractivity contribution in [3.63, 3.8) is 0 Å². The summed E-state index contributed by atoms with van der Waals surface area (Å²) in [4.78, 5) is 13.3. The summed E-state index contributed by atoms with van der Waals surface area (Å²) in [7, 11) is 0. The van der Waals surface area contributed by atoms with E-state index in [9.17, 15) is 0 Å². The van der Waals surface area contributed by atoms with Crippen molar-refractivity contribution in [2.75, 3.05) is 12.3 Å². The highest BCUT2D eigenvalue weighted by atomic mass is 16.5. The Kier molecular flexibility index (Phi) is 3.26. The van der Waals surface area contributed by atoms with E-state index in [2.05, 4.69) is 15.0 Å². The molecule has 0 bridgehead atoms. The maximum absolute atomic E-state index is 6.02. The van der Waals surface area contributed by atoms with Crippen molar-refractivity contribution in [3.05, 3.63) is 29.8 Å². The molecule has 3 rings (SSSR count). The standard InChI is InChI=1S/C15H18N4O/c1-3-20-12-6-11(7-17-8-12)13-9(2)14(16)19-15(18-13)10-4-5-10/h6-8,10H,3-5H2,1-2H3,(H2,16,18,19). The lowest BCUT2D eigenvalue weighted by molar-refractivity contribution is 0.339. The first-order valence-corrected chi connectivity index (χ1v) is 6.91. The highest BCUT2D eigenvalue weighted by Crippen LogP contribution is 2.39. The number of aromatic nitrogens is 3. The third kappa shape index (κ3) is 2.43. The number of nitrogens with two attached hydrogens (primary N) is 1. The Labute approximate surface area is 118 Å². The minimum Gasteiger partial charge on any atom is -0.492 e. The van der Waals surface area contributed by atoms with Crippen LogP contribution in [0.1, 0.15) is 37.1 Å². The predicted octanol–water partition coefficient (Wildman–Crippen LogP) is 2.71. The number of nitrogen functional groups attached to an aromatic ring is 1. The average Bonchev–Trinajstić information content (AvgIpc) is 3.27. The van der Waals surface area contributed by atoms with Crippen molar-refractivity contribution >= 4 is 5.82 Å². The molecular weight excluding hydrogens is 252 g/mol. The lowest BCUT2D eigenvalue weighted by Crippen LogP contribution is -2.04. The van der Waals surface area contributed by atoms with Gasteiger partial charge in [0.15, 0.2) is 0 Å². The molecule has 20 heavy (non-hydrogen) atoms. The first kappa shape index (κ1) is 12.8. The summed E-state index contributed by atoms with van der Waals surface area (Å²) in [5.74, 6) is 2.62. The maximum atomic E-state index is 6.02. The topological polar surface area (TPSA) is 73.9 Å². The summed E-state index contributed by atoms with van der Waals surface area (Å²) in [6, 6.07) is 1.95. The van der Waals surface area contributed by atoms with Crippen LogP contribution >= 0.6 is 0 Å². The number of hydrogen-bond donors (Lipinski definition) is 1. The van der Waals surface area contributed by atoms with Crippen LogP contribution < -0.4 is 10.5 Å². The molecule has 1 saturated carbocycles. The van der Waals surface area contributed by atoms with Gasteiger partial charge in [-0.3, -0.25) is 4.98 Å². The van der Waals surface area contributed by atoms with E-state index in [-0.39, 0.29) is 0 Å². The molecule has 0 saturated heterocycles. The van der Waals surface area contributed by atoms with Crippen LogP contribution in [0.2, 0.25) is 0 Å². The molecule has 104 valence electrons. The Morgan fingerprint density at radius 2 is 2.10 bits per heavy atom. The molecular formula is C15H18N4O. The smallest absolute Gasteiger partial charge is 0.138 e. The second-order valence-corrected chi connectivity index (χ2v) is 5.06. The van der Waals surface area contributed by atoms with Gasteiger partial charge in [0.05, 0.1) is 18.5 Å². The Hall–Kier alpha value is -2.17. The fraction of sp³-hybridized carbons (Fsp3) is 0.400. The molecule has 2 aromatic heterocycles. The van der Waals surface area contributed by atoms with E-state index in [1.165, 1.54) is 0 Å². The fourth-order valence-corrected chi connectivity index (χ4v) is 2.15. The highest BCUT2D eigenvalue weighted by molar-refractivity contribution is 5.67. The molecule has 2 heterocycles. The minimum atomic E-state index is 0.472. The van der Waals surface area contributed by atoms with E-state index >= 15 is 0 Å². The second kappa shape index (κ2) is 5.07. The van der Waals surface area contributed by atoms with Crippen LogP contribution in [0.3, 0.4) is 0 Å². The second-order valence-electron chi connectivity index (χ2n) is 5.06. The van der Waals surface area contributed by atoms with Crippen LogP contribution in [-0.2, 0) is 0 Å². The molecule has 2 aromatic rings. The summed E-state index contributed by atoms with van der Waals surface area (Å²) < 4.78 is 5.49. The molecule has 1 aliphatic carbocycles. The number of nitrogens with zero attached hydrogens (tertiary/aromatic N) is 3. The molecule has 0 aromatic carbocycles. The molecule has 0 aliphatic heterocycles. The minimum absolute atomic E-state index is 0.472. The van der Waals surface area contributed by atoms with Crippen molar-refractivity contribution in [3.8, 4) is 17.0 Å². The molecule has 0 atom stereocenters. The van der Waals surface area contributed by atoms with E-state index in [1.807, 2.05) is 19.9 Å². The van der Waals surface area contributed by atoms with Gasteiger partial charge in [0, 0.05) is 23.2 Å². The lowest BCUT2D eigenvalue weighted by atomic mass is 10.1. The van der Waals surface area contributed by atoms with Gasteiger partial charge in [-0.15, -0.1) is 0 Å². The van der Waals surface area contributed by atoms with Gasteiger partial charge in [-0.25, -0.2) is 9.97 Å². The van der Waals surface area contributed by atoms with E-state index in [4.69, 9.17) is 10.5 Å². The molecule has 1 aliphatic rings. The molecule has 2 N–H and O–H groups in total. The van der Waals surface area contributed by atoms with Crippen LogP contribution in [0.15, 0.2) is 18.5 Å². The van der Waals surface area contributed by atoms with Crippen molar-refractivity contribution in [2.24, 2.45) is 0 Å².